The van der Waals surface area contributed by atoms with Gasteiger partial charge in [-0.3, -0.25) is 4.99 Å². The molecule has 1 aromatic carbocycles. The van der Waals surface area contributed by atoms with Crippen LogP contribution in [0.3, 0.4) is 0 Å². The van der Waals surface area contributed by atoms with Crippen molar-refractivity contribution in [2.75, 3.05) is 39.5 Å². The summed E-state index contributed by atoms with van der Waals surface area (Å²) in [6.07, 6.45) is 0.912. The SMILES string of the molecule is CCOCCCNC(N)=NCC(C)(C)c1ccc2c(c1)OCCO2. The number of hydrogen-bond donors (Lipinski definition) is 2. The molecule has 24 heavy (non-hydrogen) atoms. The number of ether oxygens (including phenoxy) is 3. The summed E-state index contributed by atoms with van der Waals surface area (Å²) < 4.78 is 16.5. The molecule has 0 unspecified atom stereocenters. The number of nitrogens with two attached hydrogens (primary N) is 1. The summed E-state index contributed by atoms with van der Waals surface area (Å²) in [4.78, 5) is 4.47. The molecule has 1 aromatic rings. The predicted octanol–water partition coefficient (Wildman–Crippen LogP) is 2.07. The highest BCUT2D eigenvalue weighted by Crippen LogP contribution is 2.35. The normalized spacial score (nSPS) is 14.5. The first-order chi connectivity index (χ1) is 11.5. The zero-order valence-electron chi connectivity index (χ0n) is 14.9. The quantitative estimate of drug-likeness (QED) is 0.432. The molecule has 0 bridgehead atoms. The van der Waals surface area contributed by atoms with Crippen LogP contribution >= 0.6 is 0 Å². The monoisotopic (exact) mass is 335 g/mol. The highest BCUT2D eigenvalue weighted by molar-refractivity contribution is 5.77. The Kier molecular flexibility index (Phi) is 6.73. The Balaban J connectivity index is 1.89. The summed E-state index contributed by atoms with van der Waals surface area (Å²) in [7, 11) is 0. The van der Waals surface area contributed by atoms with Crippen LogP contribution in [0.2, 0.25) is 0 Å². The number of aliphatic imine (C=N–C) groups is 1. The average molecular weight is 335 g/mol. The lowest BCUT2D eigenvalue weighted by Gasteiger charge is -2.26. The molecule has 0 saturated carbocycles. The Hall–Kier alpha value is -1.95. The zero-order chi connectivity index (χ0) is 17.4. The fourth-order valence-electron chi connectivity index (χ4n) is 2.43. The molecule has 1 aliphatic rings. The van der Waals surface area contributed by atoms with Gasteiger partial charge in [-0.2, -0.15) is 0 Å². The number of rotatable bonds is 8. The van der Waals surface area contributed by atoms with E-state index in [0.717, 1.165) is 43.2 Å². The van der Waals surface area contributed by atoms with E-state index in [-0.39, 0.29) is 5.41 Å². The van der Waals surface area contributed by atoms with Crippen molar-refractivity contribution < 1.29 is 14.2 Å². The van der Waals surface area contributed by atoms with Crippen molar-refractivity contribution in [1.29, 1.82) is 0 Å². The maximum atomic E-state index is 5.94. The van der Waals surface area contributed by atoms with Crippen LogP contribution in [0, 0.1) is 0 Å². The van der Waals surface area contributed by atoms with Gasteiger partial charge in [0, 0.05) is 25.2 Å². The van der Waals surface area contributed by atoms with E-state index in [4.69, 9.17) is 19.9 Å². The van der Waals surface area contributed by atoms with Crippen molar-refractivity contribution in [2.24, 2.45) is 10.7 Å². The van der Waals surface area contributed by atoms with Gasteiger partial charge in [0.05, 0.1) is 6.54 Å². The minimum Gasteiger partial charge on any atom is -0.486 e. The van der Waals surface area contributed by atoms with Crippen molar-refractivity contribution in [3.63, 3.8) is 0 Å². The molecule has 0 atom stereocenters. The summed E-state index contributed by atoms with van der Waals surface area (Å²) in [6, 6.07) is 6.06. The summed E-state index contributed by atoms with van der Waals surface area (Å²) in [5, 5.41) is 3.12. The second kappa shape index (κ2) is 8.78. The Morgan fingerprint density at radius 1 is 1.29 bits per heavy atom. The van der Waals surface area contributed by atoms with Crippen LogP contribution in [0.5, 0.6) is 11.5 Å². The fourth-order valence-corrected chi connectivity index (χ4v) is 2.43. The smallest absolute Gasteiger partial charge is 0.188 e. The third kappa shape index (κ3) is 5.30. The van der Waals surface area contributed by atoms with Gasteiger partial charge in [-0.05, 0) is 31.0 Å². The van der Waals surface area contributed by atoms with Gasteiger partial charge >= 0.3 is 0 Å². The van der Waals surface area contributed by atoms with Crippen LogP contribution in [0.15, 0.2) is 23.2 Å². The van der Waals surface area contributed by atoms with E-state index in [1.807, 2.05) is 19.1 Å². The Morgan fingerprint density at radius 3 is 2.79 bits per heavy atom. The minimum absolute atomic E-state index is 0.145. The first-order valence-corrected chi connectivity index (χ1v) is 8.54. The van der Waals surface area contributed by atoms with E-state index in [1.165, 1.54) is 0 Å². The van der Waals surface area contributed by atoms with Crippen LogP contribution in [0.4, 0.5) is 0 Å². The van der Waals surface area contributed by atoms with E-state index in [2.05, 4.69) is 30.2 Å². The molecule has 0 aliphatic carbocycles. The lowest BCUT2D eigenvalue weighted by molar-refractivity contribution is 0.145. The van der Waals surface area contributed by atoms with Crippen molar-refractivity contribution in [3.8, 4) is 11.5 Å². The topological polar surface area (TPSA) is 78.1 Å². The van der Waals surface area contributed by atoms with Crippen molar-refractivity contribution in [2.45, 2.75) is 32.6 Å². The van der Waals surface area contributed by atoms with Crippen molar-refractivity contribution in [1.82, 2.24) is 5.32 Å². The molecule has 0 saturated heterocycles. The predicted molar refractivity (Wildman–Crippen MR) is 96.1 cm³/mol. The molecule has 6 nitrogen and oxygen atoms in total. The summed E-state index contributed by atoms with van der Waals surface area (Å²) in [6.45, 7) is 10.3. The molecular formula is C18H29N3O3. The van der Waals surface area contributed by atoms with Gasteiger partial charge in [-0.25, -0.2) is 0 Å². The largest absolute Gasteiger partial charge is 0.486 e. The summed E-state index contributed by atoms with van der Waals surface area (Å²) in [5.41, 5.74) is 6.94. The fraction of sp³-hybridized carbons (Fsp3) is 0.611. The molecule has 3 N–H and O–H groups in total. The maximum Gasteiger partial charge on any atom is 0.188 e. The Bertz CT molecular complexity index is 558. The van der Waals surface area contributed by atoms with E-state index in [1.54, 1.807) is 0 Å². The van der Waals surface area contributed by atoms with Gasteiger partial charge in [-0.15, -0.1) is 0 Å². The molecule has 134 valence electrons. The lowest BCUT2D eigenvalue weighted by atomic mass is 9.84. The highest BCUT2D eigenvalue weighted by atomic mass is 16.6. The first-order valence-electron chi connectivity index (χ1n) is 8.54. The molecule has 1 heterocycles. The molecular weight excluding hydrogens is 306 g/mol. The summed E-state index contributed by atoms with van der Waals surface area (Å²) in [5.74, 6) is 2.08. The van der Waals surface area contributed by atoms with E-state index >= 15 is 0 Å². The maximum absolute atomic E-state index is 5.94. The van der Waals surface area contributed by atoms with E-state index in [0.29, 0.717) is 25.7 Å². The van der Waals surface area contributed by atoms with E-state index < -0.39 is 0 Å². The summed E-state index contributed by atoms with van der Waals surface area (Å²) >= 11 is 0. The van der Waals surface area contributed by atoms with Crippen LogP contribution in [0.1, 0.15) is 32.8 Å². The van der Waals surface area contributed by atoms with Crippen LogP contribution in [-0.4, -0.2) is 45.5 Å². The average Bonchev–Trinajstić information content (AvgIpc) is 2.59. The highest BCUT2D eigenvalue weighted by Gasteiger charge is 2.23. The second-order valence-corrected chi connectivity index (χ2v) is 6.42. The first kappa shape index (κ1) is 18.4. The Labute approximate surface area is 144 Å². The van der Waals surface area contributed by atoms with Crippen LogP contribution < -0.4 is 20.5 Å². The van der Waals surface area contributed by atoms with Gasteiger partial charge in [-0.1, -0.05) is 19.9 Å². The van der Waals surface area contributed by atoms with Gasteiger partial charge in [0.15, 0.2) is 17.5 Å². The number of benzene rings is 1. The van der Waals surface area contributed by atoms with Gasteiger partial charge in [0.1, 0.15) is 13.2 Å². The molecule has 1 aliphatic heterocycles. The number of hydrogen-bond acceptors (Lipinski definition) is 4. The Morgan fingerprint density at radius 2 is 2.04 bits per heavy atom. The van der Waals surface area contributed by atoms with Crippen molar-refractivity contribution >= 4 is 5.96 Å². The molecule has 2 rings (SSSR count). The number of nitrogens with zero attached hydrogens (tertiary/aromatic N) is 1. The third-order valence-corrected chi connectivity index (χ3v) is 3.94. The molecule has 0 spiro atoms. The molecule has 0 radical (unpaired) electrons. The minimum atomic E-state index is -0.145. The number of fused-ring (bicyclic) bond motifs is 1. The van der Waals surface area contributed by atoms with E-state index in [9.17, 15) is 0 Å². The number of guanidine groups is 1. The molecule has 0 amide bonds. The second-order valence-electron chi connectivity index (χ2n) is 6.42. The third-order valence-electron chi connectivity index (χ3n) is 3.94. The van der Waals surface area contributed by atoms with Gasteiger partial charge in [0.2, 0.25) is 0 Å². The van der Waals surface area contributed by atoms with Crippen LogP contribution in [-0.2, 0) is 10.2 Å². The molecule has 0 fully saturated rings. The van der Waals surface area contributed by atoms with Crippen molar-refractivity contribution in [3.05, 3.63) is 23.8 Å². The molecule has 0 aromatic heterocycles. The zero-order valence-corrected chi connectivity index (χ0v) is 14.9. The van der Waals surface area contributed by atoms with Gasteiger partial charge < -0.3 is 25.3 Å². The number of nitrogens with one attached hydrogen (secondary N) is 1. The molecule has 6 heteroatoms. The van der Waals surface area contributed by atoms with Gasteiger partial charge in [0.25, 0.3) is 0 Å². The standard InChI is InChI=1S/C18H29N3O3/c1-4-22-9-5-8-20-17(19)21-13-18(2,3)14-6-7-15-16(12-14)24-11-10-23-15/h6-7,12H,4-5,8-11,13H2,1-3H3,(H3,19,20,21). The lowest BCUT2D eigenvalue weighted by Crippen LogP contribution is -2.34. The van der Waals surface area contributed by atoms with Crippen LogP contribution in [0.25, 0.3) is 0 Å².